The summed E-state index contributed by atoms with van der Waals surface area (Å²) in [6.07, 6.45) is -0.443. The number of rotatable bonds is 7. The van der Waals surface area contributed by atoms with Gasteiger partial charge in [0, 0.05) is 0 Å². The zero-order valence-electron chi connectivity index (χ0n) is 9.34. The van der Waals surface area contributed by atoms with E-state index in [9.17, 15) is 25.3 Å². The minimum atomic E-state index is -5.85. The zero-order valence-corrected chi connectivity index (χ0v) is 12.8. The van der Waals surface area contributed by atoms with E-state index in [0.717, 1.165) is 0 Å². The molecule has 18 heavy (non-hydrogen) atoms. The third-order valence-electron chi connectivity index (χ3n) is 2.27. The van der Waals surface area contributed by atoms with Crippen LogP contribution >= 0.6 is 4.87 Å². The fourth-order valence-electron chi connectivity index (χ4n) is 1.38. The van der Waals surface area contributed by atoms with Crippen LogP contribution in [0.2, 0.25) is 0 Å². The summed E-state index contributed by atoms with van der Waals surface area (Å²) in [5.74, 6) is 0. The van der Waals surface area contributed by atoms with E-state index in [4.69, 9.17) is 13.7 Å². The van der Waals surface area contributed by atoms with E-state index >= 15 is 0 Å². The fourth-order valence-corrected chi connectivity index (χ4v) is 16.8. The molecule has 0 spiro atoms. The summed E-state index contributed by atoms with van der Waals surface area (Å²) < 4.78 is 93.0. The van der Waals surface area contributed by atoms with Crippen LogP contribution in [0.3, 0.4) is 0 Å². The molecule has 13 heteroatoms. The van der Waals surface area contributed by atoms with E-state index in [1.165, 1.54) is 0 Å². The molecule has 0 fully saturated rings. The molecule has 0 saturated carbocycles. The summed E-state index contributed by atoms with van der Waals surface area (Å²) in [6, 6.07) is 0. The molecule has 9 nitrogen and oxygen atoms in total. The van der Waals surface area contributed by atoms with Crippen molar-refractivity contribution in [3.05, 3.63) is 0 Å². The first-order valence-electron chi connectivity index (χ1n) is 4.72. The van der Waals surface area contributed by atoms with Gasteiger partial charge < -0.3 is 0 Å². The second-order valence-corrected chi connectivity index (χ2v) is 21.5. The van der Waals surface area contributed by atoms with E-state index < -0.39 is 40.2 Å². The SMILES string of the molecule is CCCCC[PH](S(=O)(=O)O)(S(=O)(=O)O)S(=O)(=O)O. The molecule has 0 aromatic heterocycles. The van der Waals surface area contributed by atoms with Crippen molar-refractivity contribution in [3.8, 4) is 0 Å². The molecule has 0 bridgehead atoms. The van der Waals surface area contributed by atoms with Gasteiger partial charge in [0.15, 0.2) is 0 Å². The van der Waals surface area contributed by atoms with E-state index in [2.05, 4.69) is 0 Å². The third kappa shape index (κ3) is 3.38. The van der Waals surface area contributed by atoms with Crippen LogP contribution < -0.4 is 0 Å². The van der Waals surface area contributed by atoms with Crippen molar-refractivity contribution < 1.29 is 38.9 Å². The van der Waals surface area contributed by atoms with Gasteiger partial charge in [-0.2, -0.15) is 0 Å². The van der Waals surface area contributed by atoms with Crippen molar-refractivity contribution in [3.63, 3.8) is 0 Å². The molecule has 0 rings (SSSR count). The maximum absolute atomic E-state index is 11.1. The molecule has 0 amide bonds. The van der Waals surface area contributed by atoms with Crippen LogP contribution in [0.1, 0.15) is 26.2 Å². The maximum atomic E-state index is 11.1. The molecule has 0 unspecified atom stereocenters. The van der Waals surface area contributed by atoms with Gasteiger partial charge in [-0.15, -0.1) is 0 Å². The van der Waals surface area contributed by atoms with Crippen molar-refractivity contribution in [1.82, 2.24) is 0 Å². The van der Waals surface area contributed by atoms with Crippen LogP contribution in [0.15, 0.2) is 0 Å². The molecule has 112 valence electrons. The van der Waals surface area contributed by atoms with Crippen LogP contribution in [0.25, 0.3) is 0 Å². The van der Waals surface area contributed by atoms with Gasteiger partial charge in [0.1, 0.15) is 0 Å². The number of hydrogen-bond acceptors (Lipinski definition) is 6. The summed E-state index contributed by atoms with van der Waals surface area (Å²) >= 11 is 0. The van der Waals surface area contributed by atoms with E-state index in [-0.39, 0.29) is 12.8 Å². The van der Waals surface area contributed by atoms with Crippen LogP contribution in [-0.4, -0.2) is 45.1 Å². The first-order chi connectivity index (χ1) is 7.81. The van der Waals surface area contributed by atoms with Gasteiger partial charge in [0.25, 0.3) is 0 Å². The Hall–Kier alpha value is 0.160. The van der Waals surface area contributed by atoms with Gasteiger partial charge in [-0.25, -0.2) is 0 Å². The first kappa shape index (κ1) is 18.2. The molecule has 0 atom stereocenters. The van der Waals surface area contributed by atoms with Gasteiger partial charge in [0.2, 0.25) is 0 Å². The summed E-state index contributed by atoms with van der Waals surface area (Å²) in [7, 11) is -17.0. The molecule has 0 radical (unpaired) electrons. The Morgan fingerprint density at radius 1 is 0.778 bits per heavy atom. The normalized spacial score (nSPS) is 15.6. The van der Waals surface area contributed by atoms with E-state index in [0.29, 0.717) is 6.42 Å². The minimum absolute atomic E-state index is 0.192. The van der Waals surface area contributed by atoms with Gasteiger partial charge in [0.05, 0.1) is 0 Å². The van der Waals surface area contributed by atoms with E-state index in [1.807, 2.05) is 0 Å². The molecule has 0 heterocycles. The molecule has 3 N–H and O–H groups in total. The molecule has 0 aromatic rings. The Labute approximate surface area is 105 Å². The van der Waals surface area contributed by atoms with E-state index in [1.54, 1.807) is 6.92 Å². The average Bonchev–Trinajstić information content (AvgIpc) is 2.05. The Morgan fingerprint density at radius 3 is 1.33 bits per heavy atom. The number of hydrogen-bond donors (Lipinski definition) is 3. The third-order valence-corrected chi connectivity index (χ3v) is 25.9. The first-order valence-corrected chi connectivity index (χ1v) is 13.4. The Bertz CT molecular complexity index is 507. The van der Waals surface area contributed by atoms with Gasteiger partial charge >= 0.3 is 105 Å². The number of unbranched alkanes of at least 4 members (excludes halogenated alkanes) is 2. The van der Waals surface area contributed by atoms with Crippen LogP contribution in [0.4, 0.5) is 0 Å². The van der Waals surface area contributed by atoms with Crippen molar-refractivity contribution in [2.75, 3.05) is 6.16 Å². The summed E-state index contributed by atoms with van der Waals surface area (Å²) in [5.41, 5.74) is 0. The monoisotopic (exact) mass is 346 g/mol. The van der Waals surface area contributed by atoms with Gasteiger partial charge in [-0.1, -0.05) is 0 Å². The molecular formula is C5H15O9PS3. The van der Waals surface area contributed by atoms with Crippen molar-refractivity contribution in [2.45, 2.75) is 26.2 Å². The second kappa shape index (κ2) is 5.65. The Morgan fingerprint density at radius 2 is 1.11 bits per heavy atom. The predicted molar refractivity (Wildman–Crippen MR) is 67.4 cm³/mol. The van der Waals surface area contributed by atoms with Crippen molar-refractivity contribution in [2.24, 2.45) is 0 Å². The van der Waals surface area contributed by atoms with Crippen LogP contribution in [0, 0.1) is 0 Å². The molecule has 0 aromatic carbocycles. The predicted octanol–water partition coefficient (Wildman–Crippen LogP) is 0.335. The summed E-state index contributed by atoms with van der Waals surface area (Å²) in [4.78, 5) is -5.85. The quantitative estimate of drug-likeness (QED) is 0.335. The van der Waals surface area contributed by atoms with Crippen LogP contribution in [0.5, 0.6) is 0 Å². The second-order valence-electron chi connectivity index (χ2n) is 3.57. The van der Waals surface area contributed by atoms with Crippen LogP contribution in [-0.2, 0) is 29.2 Å². The molecule has 0 saturated heterocycles. The zero-order chi connectivity index (χ0) is 14.8. The Balaban J connectivity index is 6.12. The van der Waals surface area contributed by atoms with Crippen molar-refractivity contribution in [1.29, 1.82) is 0 Å². The molecule has 0 aliphatic carbocycles. The Kier molecular flexibility index (Phi) is 5.70. The molecule has 0 aliphatic rings. The standard InChI is InChI=1S/C5H15O9PS3/c1-2-3-4-5-15(16(6,7)8,17(9,10)11)18(12,13)14/h15H,2-5H2,1H3,(H,6,7,8)(H,9,10,11)(H,12,13,14). The fraction of sp³-hybridized carbons (Fsp3) is 1.00. The summed E-state index contributed by atoms with van der Waals surface area (Å²) in [5, 5.41) is 0. The van der Waals surface area contributed by atoms with Gasteiger partial charge in [-0.3, -0.25) is 0 Å². The summed E-state index contributed by atoms with van der Waals surface area (Å²) in [6.45, 7) is 1.68. The molecular weight excluding hydrogens is 331 g/mol. The molecule has 0 aliphatic heterocycles. The average molecular weight is 346 g/mol. The van der Waals surface area contributed by atoms with Gasteiger partial charge in [-0.05, 0) is 0 Å². The van der Waals surface area contributed by atoms with Crippen molar-refractivity contribution >= 4 is 34.1 Å². The topological polar surface area (TPSA) is 163 Å².